The molecule has 0 bridgehead atoms. The molecule has 0 fully saturated rings. The summed E-state index contributed by atoms with van der Waals surface area (Å²) in [4.78, 5) is 0. The third-order valence-corrected chi connectivity index (χ3v) is 2.25. The van der Waals surface area contributed by atoms with Crippen LogP contribution in [0.2, 0.25) is 0 Å². The van der Waals surface area contributed by atoms with Crippen LogP contribution in [-0.2, 0) is 6.54 Å². The van der Waals surface area contributed by atoms with Crippen LogP contribution in [0.25, 0.3) is 0 Å². The van der Waals surface area contributed by atoms with Crippen molar-refractivity contribution in [3.63, 3.8) is 0 Å². The summed E-state index contributed by atoms with van der Waals surface area (Å²) in [5.41, 5.74) is 0.820. The first-order valence-electron chi connectivity index (χ1n) is 3.58. The maximum atomic E-state index is 12.6. The molecule has 68 valence electrons. The number of hydrogen-bond acceptors (Lipinski definition) is 2. The number of alkyl halides is 1. The van der Waals surface area contributed by atoms with E-state index in [4.69, 9.17) is 5.11 Å². The van der Waals surface area contributed by atoms with Crippen LogP contribution in [0.5, 0.6) is 0 Å². The van der Waals surface area contributed by atoms with Gasteiger partial charge in [0.25, 0.3) is 0 Å². The predicted molar refractivity (Wildman–Crippen MR) is 46.6 cm³/mol. The number of aryl methyl sites for hydroxylation is 1. The second-order valence-electron chi connectivity index (χ2n) is 2.56. The van der Waals surface area contributed by atoms with Gasteiger partial charge in [-0.05, 0) is 22.9 Å². The van der Waals surface area contributed by atoms with Crippen LogP contribution in [0.4, 0.5) is 4.39 Å². The van der Waals surface area contributed by atoms with E-state index < -0.39 is 12.8 Å². The van der Waals surface area contributed by atoms with Crippen molar-refractivity contribution in [1.82, 2.24) is 9.78 Å². The average molecular weight is 237 g/mol. The van der Waals surface area contributed by atoms with E-state index in [1.807, 2.05) is 6.92 Å². The Morgan fingerprint density at radius 3 is 2.92 bits per heavy atom. The Morgan fingerprint density at radius 1 is 1.83 bits per heavy atom. The Hall–Kier alpha value is -0.420. The minimum absolute atomic E-state index is 0.100. The molecule has 0 aliphatic carbocycles. The maximum absolute atomic E-state index is 12.6. The van der Waals surface area contributed by atoms with Gasteiger partial charge in [-0.1, -0.05) is 0 Å². The lowest BCUT2D eigenvalue weighted by molar-refractivity contribution is 0.158. The molecule has 5 heteroatoms. The number of aliphatic hydroxyl groups excluding tert-OH is 1. The predicted octanol–water partition coefficient (Wildman–Crippen LogP) is 1.28. The van der Waals surface area contributed by atoms with Crippen LogP contribution in [0.1, 0.15) is 5.69 Å². The fourth-order valence-electron chi connectivity index (χ4n) is 0.848. The molecule has 1 aromatic heterocycles. The summed E-state index contributed by atoms with van der Waals surface area (Å²) in [6.07, 6.45) is 0.452. The Bertz CT molecular complexity index is 244. The monoisotopic (exact) mass is 236 g/mol. The zero-order chi connectivity index (χ0) is 9.14. The number of hydrogen-bond donors (Lipinski definition) is 1. The van der Waals surface area contributed by atoms with E-state index in [0.717, 1.165) is 10.2 Å². The van der Waals surface area contributed by atoms with Gasteiger partial charge in [0, 0.05) is 6.20 Å². The maximum Gasteiger partial charge on any atom is 0.143 e. The SMILES string of the molecule is Cc1nn(C[C@H](F)CO)cc1Br. The third kappa shape index (κ3) is 2.28. The van der Waals surface area contributed by atoms with Crippen molar-refractivity contribution in [2.45, 2.75) is 19.6 Å². The quantitative estimate of drug-likeness (QED) is 0.859. The molecule has 0 spiro atoms. The van der Waals surface area contributed by atoms with Crippen molar-refractivity contribution >= 4 is 15.9 Å². The van der Waals surface area contributed by atoms with E-state index in [2.05, 4.69) is 21.0 Å². The number of aliphatic hydroxyl groups is 1. The standard InChI is InChI=1S/C7H10BrFN2O/c1-5-7(8)3-11(10-5)2-6(9)4-12/h3,6,12H,2,4H2,1H3/t6-/m0/s1. The molecule has 1 heterocycles. The van der Waals surface area contributed by atoms with E-state index in [-0.39, 0.29) is 6.54 Å². The number of halogens is 2. The molecule has 3 nitrogen and oxygen atoms in total. The molecular weight excluding hydrogens is 227 g/mol. The highest BCUT2D eigenvalue weighted by molar-refractivity contribution is 9.10. The second kappa shape index (κ2) is 4.00. The van der Waals surface area contributed by atoms with E-state index in [0.29, 0.717) is 0 Å². The minimum Gasteiger partial charge on any atom is -0.393 e. The summed E-state index contributed by atoms with van der Waals surface area (Å²) in [5.74, 6) is 0. The van der Waals surface area contributed by atoms with Crippen LogP contribution in [0.15, 0.2) is 10.7 Å². The molecule has 0 unspecified atom stereocenters. The first kappa shape index (κ1) is 9.67. The van der Waals surface area contributed by atoms with E-state index >= 15 is 0 Å². The molecular formula is C7H10BrFN2O. The van der Waals surface area contributed by atoms with Crippen LogP contribution in [0.3, 0.4) is 0 Å². The van der Waals surface area contributed by atoms with Gasteiger partial charge in [0.15, 0.2) is 0 Å². The molecule has 0 radical (unpaired) electrons. The van der Waals surface area contributed by atoms with Crippen molar-refractivity contribution in [2.24, 2.45) is 0 Å². The molecule has 0 aliphatic rings. The first-order valence-corrected chi connectivity index (χ1v) is 4.37. The molecule has 1 atom stereocenters. The number of aromatic nitrogens is 2. The van der Waals surface area contributed by atoms with Gasteiger partial charge in [-0.15, -0.1) is 0 Å². The summed E-state index contributed by atoms with van der Waals surface area (Å²) in [6.45, 7) is 1.46. The normalized spacial score (nSPS) is 13.3. The molecule has 0 amide bonds. The molecule has 1 rings (SSSR count). The lowest BCUT2D eigenvalue weighted by Gasteiger charge is -2.03. The van der Waals surface area contributed by atoms with Crippen LogP contribution < -0.4 is 0 Å². The van der Waals surface area contributed by atoms with Gasteiger partial charge < -0.3 is 5.11 Å². The Balaban J connectivity index is 2.64. The average Bonchev–Trinajstić information content (AvgIpc) is 2.31. The van der Waals surface area contributed by atoms with Gasteiger partial charge in [-0.2, -0.15) is 5.10 Å². The highest BCUT2D eigenvalue weighted by Crippen LogP contribution is 2.13. The van der Waals surface area contributed by atoms with E-state index in [9.17, 15) is 4.39 Å². The zero-order valence-electron chi connectivity index (χ0n) is 6.67. The molecule has 0 aromatic carbocycles. The van der Waals surface area contributed by atoms with Crippen LogP contribution >= 0.6 is 15.9 Å². The van der Waals surface area contributed by atoms with E-state index in [1.54, 1.807) is 6.20 Å². The van der Waals surface area contributed by atoms with E-state index in [1.165, 1.54) is 4.68 Å². The summed E-state index contributed by atoms with van der Waals surface area (Å²) in [5, 5.41) is 12.5. The Labute approximate surface area is 78.3 Å². The first-order chi connectivity index (χ1) is 5.63. The summed E-state index contributed by atoms with van der Waals surface area (Å²) in [7, 11) is 0. The lowest BCUT2D eigenvalue weighted by Crippen LogP contribution is -2.15. The molecule has 12 heavy (non-hydrogen) atoms. The summed E-state index contributed by atoms with van der Waals surface area (Å²) >= 11 is 3.26. The van der Waals surface area contributed by atoms with Crippen molar-refractivity contribution < 1.29 is 9.50 Å². The lowest BCUT2D eigenvalue weighted by atomic mass is 10.4. The Morgan fingerprint density at radius 2 is 2.50 bits per heavy atom. The van der Waals surface area contributed by atoms with Crippen molar-refractivity contribution in [2.75, 3.05) is 6.61 Å². The van der Waals surface area contributed by atoms with Gasteiger partial charge in [-0.25, -0.2) is 4.39 Å². The highest BCUT2D eigenvalue weighted by atomic mass is 79.9. The fraction of sp³-hybridized carbons (Fsp3) is 0.571. The fourth-order valence-corrected chi connectivity index (χ4v) is 1.16. The Kier molecular flexibility index (Phi) is 3.22. The smallest absolute Gasteiger partial charge is 0.143 e. The van der Waals surface area contributed by atoms with Crippen LogP contribution in [0, 0.1) is 6.92 Å². The highest BCUT2D eigenvalue weighted by Gasteiger charge is 2.07. The molecule has 1 aromatic rings. The molecule has 0 saturated heterocycles. The molecule has 0 saturated carbocycles. The van der Waals surface area contributed by atoms with Crippen molar-refractivity contribution in [1.29, 1.82) is 0 Å². The van der Waals surface area contributed by atoms with Gasteiger partial charge in [-0.3, -0.25) is 4.68 Å². The van der Waals surface area contributed by atoms with Crippen molar-refractivity contribution in [3.05, 3.63) is 16.4 Å². The topological polar surface area (TPSA) is 38.0 Å². The molecule has 1 N–H and O–H groups in total. The molecule has 0 aliphatic heterocycles. The minimum atomic E-state index is -1.24. The van der Waals surface area contributed by atoms with Gasteiger partial charge >= 0.3 is 0 Å². The van der Waals surface area contributed by atoms with Crippen LogP contribution in [-0.4, -0.2) is 27.7 Å². The van der Waals surface area contributed by atoms with Gasteiger partial charge in [0.1, 0.15) is 6.17 Å². The number of rotatable bonds is 3. The zero-order valence-corrected chi connectivity index (χ0v) is 8.25. The van der Waals surface area contributed by atoms with Crippen molar-refractivity contribution in [3.8, 4) is 0 Å². The van der Waals surface area contributed by atoms with Gasteiger partial charge in [0.2, 0.25) is 0 Å². The summed E-state index contributed by atoms with van der Waals surface area (Å²) in [6, 6.07) is 0. The summed E-state index contributed by atoms with van der Waals surface area (Å²) < 4.78 is 15.0. The third-order valence-electron chi connectivity index (χ3n) is 1.47. The largest absolute Gasteiger partial charge is 0.393 e. The second-order valence-corrected chi connectivity index (χ2v) is 3.42. The van der Waals surface area contributed by atoms with Gasteiger partial charge in [0.05, 0.1) is 23.3 Å². The number of nitrogens with zero attached hydrogens (tertiary/aromatic N) is 2.